The van der Waals surface area contributed by atoms with Crippen molar-refractivity contribution in [3.8, 4) is 0 Å². The van der Waals surface area contributed by atoms with Gasteiger partial charge in [0.25, 0.3) is 0 Å². The maximum Gasteiger partial charge on any atom is 0.177 e. The summed E-state index contributed by atoms with van der Waals surface area (Å²) in [4.78, 5) is 0. The third-order valence-corrected chi connectivity index (χ3v) is 3.13. The molecule has 0 heterocycles. The average Bonchev–Trinajstić information content (AvgIpc) is 2.39. The summed E-state index contributed by atoms with van der Waals surface area (Å²) in [6.45, 7) is 0. The summed E-state index contributed by atoms with van der Waals surface area (Å²) in [6.07, 6.45) is 0. The van der Waals surface area contributed by atoms with Crippen LogP contribution in [0.2, 0.25) is 0 Å². The predicted octanol–water partition coefficient (Wildman–Crippen LogP) is 1.51. The molecule has 0 aliphatic carbocycles. The third-order valence-electron chi connectivity index (χ3n) is 3.13. The molecule has 0 saturated heterocycles. The number of hydrogen-bond acceptors (Lipinski definition) is 3. The van der Waals surface area contributed by atoms with Crippen molar-refractivity contribution in [2.75, 3.05) is 14.1 Å². The van der Waals surface area contributed by atoms with Crippen molar-refractivity contribution in [1.29, 1.82) is 0 Å². The fourth-order valence-corrected chi connectivity index (χ4v) is 1.91. The van der Waals surface area contributed by atoms with E-state index in [0.717, 1.165) is 17.1 Å². The van der Waals surface area contributed by atoms with Crippen molar-refractivity contribution < 1.29 is 0 Å². The lowest BCUT2D eigenvalue weighted by atomic mass is 10.2. The number of nitrogens with zero attached hydrogens (tertiary/aromatic N) is 2. The Balaban J connectivity index is 2.37. The largest absolute Gasteiger partial charge is 0.221 e. The zero-order chi connectivity index (χ0) is 14.1. The van der Waals surface area contributed by atoms with Crippen LogP contribution in [-0.4, -0.2) is 14.1 Å². The number of rotatable bonds is 3. The van der Waals surface area contributed by atoms with Crippen molar-refractivity contribution in [2.24, 2.45) is 17.5 Å². The second-order valence-electron chi connectivity index (χ2n) is 5.17. The summed E-state index contributed by atoms with van der Waals surface area (Å²) in [6, 6.07) is 17.2. The van der Waals surface area contributed by atoms with E-state index in [9.17, 15) is 0 Å². The Morgan fingerprint density at radius 3 is 1.53 bits per heavy atom. The highest BCUT2D eigenvalue weighted by Crippen LogP contribution is 2.28. The summed E-state index contributed by atoms with van der Waals surface area (Å²) in [7, 11) is 3.80. The van der Waals surface area contributed by atoms with Gasteiger partial charge in [0.2, 0.25) is 0 Å². The van der Waals surface area contributed by atoms with Crippen LogP contribution in [0.4, 0.5) is 17.1 Å². The molecule has 2 rings (SSSR count). The first-order valence-corrected chi connectivity index (χ1v) is 6.07. The van der Waals surface area contributed by atoms with Crippen molar-refractivity contribution in [3.63, 3.8) is 0 Å². The first-order valence-electron chi connectivity index (χ1n) is 6.07. The molecule has 0 aliphatic heterocycles. The number of benzene rings is 2. The van der Waals surface area contributed by atoms with E-state index in [1.807, 2.05) is 68.7 Å². The number of nitrogens with two attached hydrogens (primary N) is 3. The van der Waals surface area contributed by atoms with E-state index in [4.69, 9.17) is 17.5 Å². The molecule has 0 atom stereocenters. The van der Waals surface area contributed by atoms with Gasteiger partial charge in [-0.15, -0.1) is 4.70 Å². The number of quaternary nitrogens is 2. The van der Waals surface area contributed by atoms with Crippen molar-refractivity contribution in [3.05, 3.63) is 54.6 Å². The Kier molecular flexibility index (Phi) is 3.40. The van der Waals surface area contributed by atoms with Crippen LogP contribution >= 0.6 is 0 Å². The molecule has 5 nitrogen and oxygen atoms in total. The highest BCUT2D eigenvalue weighted by molar-refractivity contribution is 5.58. The molecule has 5 heteroatoms. The molecule has 100 valence electrons. The van der Waals surface area contributed by atoms with Gasteiger partial charge in [-0.05, 0) is 0 Å². The van der Waals surface area contributed by atoms with Gasteiger partial charge in [-0.1, -0.05) is 18.2 Å². The smallest absolute Gasteiger partial charge is 0.177 e. The molecule has 2 aromatic carbocycles. The monoisotopic (exact) mass is 259 g/mol. The van der Waals surface area contributed by atoms with Gasteiger partial charge in [0, 0.05) is 36.4 Å². The maximum absolute atomic E-state index is 6.20. The van der Waals surface area contributed by atoms with Gasteiger partial charge < -0.3 is 0 Å². The number of para-hydroxylation sites is 1. The van der Waals surface area contributed by atoms with E-state index in [1.54, 1.807) is 0 Å². The first-order chi connectivity index (χ1) is 8.82. The molecule has 0 saturated carbocycles. The molecule has 0 radical (unpaired) electrons. The Labute approximate surface area is 113 Å². The molecular formula is C14H21N5+2. The van der Waals surface area contributed by atoms with E-state index >= 15 is 0 Å². The molecule has 0 spiro atoms. The van der Waals surface area contributed by atoms with Gasteiger partial charge in [0.05, 0.1) is 14.1 Å². The van der Waals surface area contributed by atoms with E-state index in [-0.39, 0.29) is 9.29 Å². The van der Waals surface area contributed by atoms with E-state index in [1.165, 1.54) is 0 Å². The minimum absolute atomic E-state index is 0.265. The summed E-state index contributed by atoms with van der Waals surface area (Å²) in [5, 5.41) is 0. The van der Waals surface area contributed by atoms with Gasteiger partial charge >= 0.3 is 0 Å². The van der Waals surface area contributed by atoms with Crippen LogP contribution < -0.4 is 26.8 Å². The lowest BCUT2D eigenvalue weighted by Gasteiger charge is -2.26. The predicted molar refractivity (Wildman–Crippen MR) is 80.5 cm³/mol. The van der Waals surface area contributed by atoms with E-state index in [0.29, 0.717) is 0 Å². The minimum atomic E-state index is -0.279. The SMILES string of the molecule is C[N+](C)(N)c1ccc([N+](N)(N)c2ccccc2)cc1. The molecule has 19 heavy (non-hydrogen) atoms. The van der Waals surface area contributed by atoms with Crippen LogP contribution in [0.15, 0.2) is 54.6 Å². The van der Waals surface area contributed by atoms with Gasteiger partial charge in [-0.3, -0.25) is 0 Å². The zero-order valence-corrected chi connectivity index (χ0v) is 11.3. The second-order valence-corrected chi connectivity index (χ2v) is 5.17. The van der Waals surface area contributed by atoms with E-state index in [2.05, 4.69) is 0 Å². The third kappa shape index (κ3) is 2.81. The van der Waals surface area contributed by atoms with Crippen molar-refractivity contribution in [1.82, 2.24) is 9.29 Å². The van der Waals surface area contributed by atoms with Crippen LogP contribution in [0.1, 0.15) is 0 Å². The molecule has 0 aromatic heterocycles. The van der Waals surface area contributed by atoms with Gasteiger partial charge in [0.15, 0.2) is 17.1 Å². The fourth-order valence-electron chi connectivity index (χ4n) is 1.91. The van der Waals surface area contributed by atoms with Gasteiger partial charge in [0.1, 0.15) is 0 Å². The molecule has 0 bridgehead atoms. The Morgan fingerprint density at radius 1 is 0.632 bits per heavy atom. The summed E-state index contributed by atoms with van der Waals surface area (Å²) >= 11 is 0. The molecule has 0 amide bonds. The normalized spacial score (nSPS) is 12.5. The van der Waals surface area contributed by atoms with Gasteiger partial charge in [-0.2, -0.15) is 17.5 Å². The average molecular weight is 259 g/mol. The van der Waals surface area contributed by atoms with Crippen molar-refractivity contribution in [2.45, 2.75) is 0 Å². The quantitative estimate of drug-likeness (QED) is 0.444. The Bertz CT molecular complexity index is 540. The standard InChI is InChI=1S/C14H21N5/c1-18(2,15)12-8-10-14(11-9-12)19(16,17)13-6-4-3-5-7-13/h3-11H,15-17H2,1-2H3/q+2. The lowest BCUT2D eigenvalue weighted by Crippen LogP contribution is -2.57. The molecule has 0 fully saturated rings. The van der Waals surface area contributed by atoms with Gasteiger partial charge in [-0.25, -0.2) is 4.59 Å². The van der Waals surface area contributed by atoms with Crippen LogP contribution in [0.3, 0.4) is 0 Å². The molecule has 0 unspecified atom stereocenters. The minimum Gasteiger partial charge on any atom is -0.221 e. The molecular weight excluding hydrogens is 238 g/mol. The first kappa shape index (κ1) is 13.7. The number of hydrogen-bond donors (Lipinski definition) is 3. The zero-order valence-electron chi connectivity index (χ0n) is 11.3. The molecule has 0 aliphatic rings. The molecule has 6 N–H and O–H groups in total. The van der Waals surface area contributed by atoms with E-state index < -0.39 is 0 Å². The maximum atomic E-state index is 6.20. The topological polar surface area (TPSA) is 78.1 Å². The Hall–Kier alpha value is -1.76. The van der Waals surface area contributed by atoms with Crippen molar-refractivity contribution >= 4 is 17.1 Å². The fraction of sp³-hybridized carbons (Fsp3) is 0.143. The highest BCUT2D eigenvalue weighted by Gasteiger charge is 2.26. The van der Waals surface area contributed by atoms with Crippen LogP contribution in [0.5, 0.6) is 0 Å². The summed E-state index contributed by atoms with van der Waals surface area (Å²) < 4.78 is -0.0140. The van der Waals surface area contributed by atoms with Crippen LogP contribution in [0.25, 0.3) is 0 Å². The second kappa shape index (κ2) is 4.73. The summed E-state index contributed by atoms with van der Waals surface area (Å²) in [5.41, 5.74) is 2.59. The highest BCUT2D eigenvalue weighted by atomic mass is 15.8. The van der Waals surface area contributed by atoms with Crippen LogP contribution in [-0.2, 0) is 0 Å². The summed E-state index contributed by atoms with van der Waals surface area (Å²) in [5.74, 6) is 18.4. The van der Waals surface area contributed by atoms with Crippen LogP contribution in [0, 0.1) is 0 Å². The molecule has 2 aromatic rings. The Morgan fingerprint density at radius 2 is 1.05 bits per heavy atom. The lowest BCUT2D eigenvalue weighted by molar-refractivity contribution is 0.410.